The number of ether oxygens (including phenoxy) is 1. The summed E-state index contributed by atoms with van der Waals surface area (Å²) in [7, 11) is 1.36. The summed E-state index contributed by atoms with van der Waals surface area (Å²) >= 11 is 0. The van der Waals surface area contributed by atoms with E-state index in [1.807, 2.05) is 30.3 Å². The summed E-state index contributed by atoms with van der Waals surface area (Å²) < 4.78 is 4.85. The second kappa shape index (κ2) is 18.0. The van der Waals surface area contributed by atoms with Crippen molar-refractivity contribution in [3.63, 3.8) is 0 Å². The standard InChI is InChI=1S/C26H43NO3/c1-3-4-5-6-7-8-9-10-11-12-13-14-18-21-25(28)27-24(26(29)30-2)22-23-19-16-15-17-20-23/h15-17,19-20,24H,3-14,18,21-22H2,1-2H3,(H,27,28)/t24-/m0/s1. The van der Waals surface area contributed by atoms with Crippen LogP contribution in [0.15, 0.2) is 30.3 Å². The molecule has 0 saturated heterocycles. The Kier molecular flexibility index (Phi) is 15.7. The molecule has 0 bridgehead atoms. The molecule has 1 N–H and O–H groups in total. The Morgan fingerprint density at radius 2 is 1.30 bits per heavy atom. The zero-order chi connectivity index (χ0) is 21.9. The molecule has 30 heavy (non-hydrogen) atoms. The summed E-state index contributed by atoms with van der Waals surface area (Å²) in [6.45, 7) is 2.26. The first-order chi connectivity index (χ1) is 14.7. The van der Waals surface area contributed by atoms with Gasteiger partial charge in [-0.05, 0) is 12.0 Å². The average Bonchev–Trinajstić information content (AvgIpc) is 2.76. The molecule has 0 aromatic heterocycles. The molecule has 4 nitrogen and oxygen atoms in total. The summed E-state index contributed by atoms with van der Waals surface area (Å²) in [6.07, 6.45) is 17.6. The first-order valence-electron chi connectivity index (χ1n) is 12.1. The molecule has 1 atom stereocenters. The van der Waals surface area contributed by atoms with Crippen molar-refractivity contribution in [2.75, 3.05) is 7.11 Å². The quantitative estimate of drug-likeness (QED) is 0.223. The van der Waals surface area contributed by atoms with Gasteiger partial charge in [0, 0.05) is 12.8 Å². The molecule has 1 rings (SSSR count). The first-order valence-corrected chi connectivity index (χ1v) is 12.1. The van der Waals surface area contributed by atoms with Crippen LogP contribution in [0.2, 0.25) is 0 Å². The molecule has 0 spiro atoms. The molecule has 0 fully saturated rings. The van der Waals surface area contributed by atoms with E-state index < -0.39 is 12.0 Å². The van der Waals surface area contributed by atoms with Gasteiger partial charge in [-0.2, -0.15) is 0 Å². The van der Waals surface area contributed by atoms with E-state index in [-0.39, 0.29) is 5.91 Å². The van der Waals surface area contributed by atoms with Crippen LogP contribution in [0.1, 0.15) is 102 Å². The van der Waals surface area contributed by atoms with Gasteiger partial charge in [0.2, 0.25) is 5.91 Å². The highest BCUT2D eigenvalue weighted by Crippen LogP contribution is 2.13. The molecule has 1 aromatic rings. The second-order valence-electron chi connectivity index (χ2n) is 8.33. The minimum absolute atomic E-state index is 0.0654. The van der Waals surface area contributed by atoms with E-state index in [2.05, 4.69) is 12.2 Å². The van der Waals surface area contributed by atoms with Crippen LogP contribution in [0.3, 0.4) is 0 Å². The molecule has 0 saturated carbocycles. The van der Waals surface area contributed by atoms with Gasteiger partial charge in [-0.25, -0.2) is 4.79 Å². The van der Waals surface area contributed by atoms with Gasteiger partial charge in [0.05, 0.1) is 7.11 Å². The number of rotatable bonds is 18. The Hall–Kier alpha value is -1.84. The molecule has 0 unspecified atom stereocenters. The van der Waals surface area contributed by atoms with Gasteiger partial charge in [0.1, 0.15) is 6.04 Å². The smallest absolute Gasteiger partial charge is 0.328 e. The lowest BCUT2D eigenvalue weighted by molar-refractivity contribution is -0.145. The topological polar surface area (TPSA) is 55.4 Å². The summed E-state index contributed by atoms with van der Waals surface area (Å²) in [5.41, 5.74) is 1.01. The number of unbranched alkanes of at least 4 members (excludes halogenated alkanes) is 12. The van der Waals surface area contributed by atoms with E-state index >= 15 is 0 Å². The number of benzene rings is 1. The molecule has 0 aliphatic heterocycles. The van der Waals surface area contributed by atoms with E-state index in [1.165, 1.54) is 77.7 Å². The fraction of sp³-hybridized carbons (Fsp3) is 0.692. The summed E-state index contributed by atoms with van der Waals surface area (Å²) in [6, 6.07) is 9.08. The van der Waals surface area contributed by atoms with Crippen LogP contribution in [-0.4, -0.2) is 25.0 Å². The molecule has 0 radical (unpaired) electrons. The number of carbonyl (C=O) groups excluding carboxylic acids is 2. The predicted octanol–water partition coefficient (Wildman–Crippen LogP) is 6.37. The van der Waals surface area contributed by atoms with Crippen molar-refractivity contribution >= 4 is 11.9 Å². The summed E-state index contributed by atoms with van der Waals surface area (Å²) in [5.74, 6) is -0.457. The Morgan fingerprint density at radius 1 is 0.800 bits per heavy atom. The maximum atomic E-state index is 12.2. The van der Waals surface area contributed by atoms with E-state index in [9.17, 15) is 9.59 Å². The maximum absolute atomic E-state index is 12.2. The monoisotopic (exact) mass is 417 g/mol. The molecule has 0 heterocycles. The fourth-order valence-electron chi connectivity index (χ4n) is 3.76. The SMILES string of the molecule is CCCCCCCCCCCCCCCC(=O)N[C@@H](Cc1ccccc1)C(=O)OC. The molecular weight excluding hydrogens is 374 g/mol. The van der Waals surface area contributed by atoms with Crippen LogP contribution in [0.25, 0.3) is 0 Å². The van der Waals surface area contributed by atoms with Crippen LogP contribution < -0.4 is 5.32 Å². The molecule has 1 aromatic carbocycles. The first kappa shape index (κ1) is 26.2. The number of esters is 1. The van der Waals surface area contributed by atoms with Crippen LogP contribution >= 0.6 is 0 Å². The summed E-state index contributed by atoms with van der Waals surface area (Å²) in [5, 5.41) is 2.85. The minimum Gasteiger partial charge on any atom is -0.467 e. The third-order valence-electron chi connectivity index (χ3n) is 5.61. The van der Waals surface area contributed by atoms with Gasteiger partial charge in [-0.1, -0.05) is 114 Å². The minimum atomic E-state index is -0.619. The Labute approximate surface area is 184 Å². The van der Waals surface area contributed by atoms with Gasteiger partial charge >= 0.3 is 5.97 Å². The fourth-order valence-corrected chi connectivity index (χ4v) is 3.76. The number of methoxy groups -OCH3 is 1. The lowest BCUT2D eigenvalue weighted by atomic mass is 10.0. The Balaban J connectivity index is 2.06. The third kappa shape index (κ3) is 13.4. The number of nitrogens with one attached hydrogen (secondary N) is 1. The second-order valence-corrected chi connectivity index (χ2v) is 8.33. The highest BCUT2D eigenvalue weighted by Gasteiger charge is 2.21. The van der Waals surface area contributed by atoms with Gasteiger partial charge in [0.25, 0.3) is 0 Å². The van der Waals surface area contributed by atoms with Crippen molar-refractivity contribution < 1.29 is 14.3 Å². The zero-order valence-corrected chi connectivity index (χ0v) is 19.3. The molecule has 0 aliphatic rings. The number of amides is 1. The number of carbonyl (C=O) groups is 2. The normalized spacial score (nSPS) is 11.8. The molecule has 0 aliphatic carbocycles. The molecule has 1 amide bonds. The van der Waals surface area contributed by atoms with Gasteiger partial charge in [-0.3, -0.25) is 4.79 Å². The van der Waals surface area contributed by atoms with Crippen LogP contribution in [0.4, 0.5) is 0 Å². The zero-order valence-electron chi connectivity index (χ0n) is 19.3. The van der Waals surface area contributed by atoms with Crippen molar-refractivity contribution in [1.82, 2.24) is 5.32 Å². The molecule has 4 heteroatoms. The Morgan fingerprint density at radius 3 is 1.80 bits per heavy atom. The van der Waals surface area contributed by atoms with Crippen LogP contribution in [-0.2, 0) is 20.7 Å². The molecule has 170 valence electrons. The van der Waals surface area contributed by atoms with E-state index in [1.54, 1.807) is 0 Å². The van der Waals surface area contributed by atoms with Gasteiger partial charge in [0.15, 0.2) is 0 Å². The van der Waals surface area contributed by atoms with E-state index in [0.717, 1.165) is 18.4 Å². The Bertz CT molecular complexity index is 559. The van der Waals surface area contributed by atoms with Crippen molar-refractivity contribution in [3.8, 4) is 0 Å². The highest BCUT2D eigenvalue weighted by atomic mass is 16.5. The third-order valence-corrected chi connectivity index (χ3v) is 5.61. The number of hydrogen-bond acceptors (Lipinski definition) is 3. The lowest BCUT2D eigenvalue weighted by Crippen LogP contribution is -2.43. The highest BCUT2D eigenvalue weighted by molar-refractivity contribution is 5.84. The molecular formula is C26H43NO3. The van der Waals surface area contributed by atoms with E-state index in [4.69, 9.17) is 4.74 Å². The van der Waals surface area contributed by atoms with Crippen molar-refractivity contribution in [3.05, 3.63) is 35.9 Å². The van der Waals surface area contributed by atoms with Crippen LogP contribution in [0, 0.1) is 0 Å². The predicted molar refractivity (Wildman–Crippen MR) is 124 cm³/mol. The van der Waals surface area contributed by atoms with Gasteiger partial charge in [-0.15, -0.1) is 0 Å². The average molecular weight is 418 g/mol. The van der Waals surface area contributed by atoms with Crippen molar-refractivity contribution in [2.45, 2.75) is 109 Å². The van der Waals surface area contributed by atoms with Gasteiger partial charge < -0.3 is 10.1 Å². The lowest BCUT2D eigenvalue weighted by Gasteiger charge is -2.16. The van der Waals surface area contributed by atoms with Crippen LogP contribution in [0.5, 0.6) is 0 Å². The largest absolute Gasteiger partial charge is 0.467 e. The number of hydrogen-bond donors (Lipinski definition) is 1. The van der Waals surface area contributed by atoms with Crippen molar-refractivity contribution in [1.29, 1.82) is 0 Å². The maximum Gasteiger partial charge on any atom is 0.328 e. The summed E-state index contributed by atoms with van der Waals surface area (Å²) in [4.78, 5) is 24.3. The van der Waals surface area contributed by atoms with E-state index in [0.29, 0.717) is 12.8 Å². The van der Waals surface area contributed by atoms with Crippen molar-refractivity contribution in [2.24, 2.45) is 0 Å².